The molecule has 0 rings (SSSR count). The van der Waals surface area contributed by atoms with Crippen LogP contribution >= 0.6 is 15.2 Å². The van der Waals surface area contributed by atoms with E-state index in [1.54, 1.807) is 0 Å². The smallest absolute Gasteiger partial charge is 0.331 e. The number of alkyl halides is 2. The quantitative estimate of drug-likeness (QED) is 0.524. The lowest BCUT2D eigenvalue weighted by atomic mass is 11.6. The Bertz CT molecular complexity index is 211. The minimum atomic E-state index is -6.65. The van der Waals surface area contributed by atoms with Crippen LogP contribution in [0.25, 0.3) is 0 Å². The fourth-order valence-corrected chi connectivity index (χ4v) is 1.39. The standard InChI is InChI=1S/CH4F2O6P2/c2-1(3,10(4,5)6)11(7,8)9/h(H2,4,5,6)(H2,7,8,9)/p-3. The molecule has 0 saturated carbocycles. The maximum Gasteiger partial charge on any atom is 0.331 e. The highest BCUT2D eigenvalue weighted by Gasteiger charge is 2.44. The van der Waals surface area contributed by atoms with Crippen LogP contribution in [0.4, 0.5) is 8.78 Å². The number of hydrogen-bond acceptors (Lipinski definition) is 5. The largest absolute Gasteiger partial charge is 0.806 e. The van der Waals surface area contributed by atoms with Crippen LogP contribution in [0.1, 0.15) is 0 Å². The van der Waals surface area contributed by atoms with Gasteiger partial charge in [0, 0.05) is 7.60 Å². The molecule has 11 heavy (non-hydrogen) atoms. The van der Waals surface area contributed by atoms with Crippen molar-refractivity contribution in [2.75, 3.05) is 0 Å². The molecule has 0 bridgehead atoms. The molecule has 0 aliphatic rings. The average Bonchev–Trinajstić information content (AvgIpc) is 1.58. The van der Waals surface area contributed by atoms with Crippen molar-refractivity contribution in [3.05, 3.63) is 0 Å². The van der Waals surface area contributed by atoms with Crippen LogP contribution in [-0.2, 0) is 9.13 Å². The molecule has 6 nitrogen and oxygen atoms in total. The Morgan fingerprint density at radius 1 is 1.18 bits per heavy atom. The van der Waals surface area contributed by atoms with E-state index in [0.717, 1.165) is 0 Å². The highest BCUT2D eigenvalue weighted by molar-refractivity contribution is 7.69. The van der Waals surface area contributed by atoms with Crippen LogP contribution in [-0.4, -0.2) is 10.3 Å². The van der Waals surface area contributed by atoms with Crippen molar-refractivity contribution < 1.29 is 37.5 Å². The normalized spacial score (nSPS) is 19.5. The summed E-state index contributed by atoms with van der Waals surface area (Å²) in [5.41, 5.74) is 0. The van der Waals surface area contributed by atoms with E-state index in [1.807, 2.05) is 0 Å². The molecule has 68 valence electrons. The number of hydrogen-bond donors (Lipinski definition) is 1. The number of rotatable bonds is 2. The molecule has 1 N–H and O–H groups in total. The van der Waals surface area contributed by atoms with E-state index in [0.29, 0.717) is 0 Å². The predicted molar refractivity (Wildman–Crippen MR) is 22.4 cm³/mol. The lowest BCUT2D eigenvalue weighted by Crippen LogP contribution is -2.34. The van der Waals surface area contributed by atoms with E-state index in [9.17, 15) is 32.6 Å². The molecule has 1 unspecified atom stereocenters. The average molecular weight is 209 g/mol. The van der Waals surface area contributed by atoms with E-state index in [4.69, 9.17) is 4.89 Å². The molecule has 0 aromatic carbocycles. The van der Waals surface area contributed by atoms with Gasteiger partial charge >= 0.3 is 5.40 Å². The summed E-state index contributed by atoms with van der Waals surface area (Å²) in [5, 5.41) is -5.63. The third-order valence-corrected chi connectivity index (χ3v) is 3.50. The first-order chi connectivity index (χ1) is 4.50. The summed E-state index contributed by atoms with van der Waals surface area (Å²) in [7, 11) is -13.1. The van der Waals surface area contributed by atoms with Gasteiger partial charge in [0.15, 0.2) is 0 Å². The number of halogens is 2. The van der Waals surface area contributed by atoms with Gasteiger partial charge in [-0.2, -0.15) is 8.78 Å². The van der Waals surface area contributed by atoms with Crippen LogP contribution in [0.2, 0.25) is 0 Å². The van der Waals surface area contributed by atoms with Crippen molar-refractivity contribution in [1.82, 2.24) is 0 Å². The highest BCUT2D eigenvalue weighted by atomic mass is 31.2. The van der Waals surface area contributed by atoms with E-state index in [1.165, 1.54) is 0 Å². The van der Waals surface area contributed by atoms with Crippen molar-refractivity contribution in [2.45, 2.75) is 5.40 Å². The summed E-state index contributed by atoms with van der Waals surface area (Å²) in [4.78, 5) is 36.1. The third-order valence-electron chi connectivity index (χ3n) is 0.669. The molecule has 0 heterocycles. The summed E-state index contributed by atoms with van der Waals surface area (Å²) in [5.74, 6) is 0. The second kappa shape index (κ2) is 2.58. The maximum atomic E-state index is 11.7. The first-order valence-electron chi connectivity index (χ1n) is 1.94. The van der Waals surface area contributed by atoms with Crippen LogP contribution in [0.15, 0.2) is 0 Å². The van der Waals surface area contributed by atoms with Gasteiger partial charge < -0.3 is 28.7 Å². The SMILES string of the molecule is O=P([O-])([O-])C(F)(F)P(=O)([O-])O. The monoisotopic (exact) mass is 209 g/mol. The zero-order valence-corrected chi connectivity index (χ0v) is 6.43. The van der Waals surface area contributed by atoms with E-state index in [-0.39, 0.29) is 0 Å². The Morgan fingerprint density at radius 3 is 1.45 bits per heavy atom. The summed E-state index contributed by atoms with van der Waals surface area (Å²) < 4.78 is 42.5. The summed E-state index contributed by atoms with van der Waals surface area (Å²) in [6, 6.07) is 0. The van der Waals surface area contributed by atoms with E-state index in [2.05, 4.69) is 0 Å². The Kier molecular flexibility index (Phi) is 2.62. The van der Waals surface area contributed by atoms with Gasteiger partial charge in [-0.25, -0.2) is 0 Å². The molecule has 0 fully saturated rings. The van der Waals surface area contributed by atoms with E-state index >= 15 is 0 Å². The third kappa shape index (κ3) is 2.05. The first kappa shape index (κ1) is 11.2. The Hall–Kier alpha value is 0.160. The van der Waals surface area contributed by atoms with Crippen LogP contribution in [0.3, 0.4) is 0 Å². The maximum absolute atomic E-state index is 11.7. The lowest BCUT2D eigenvalue weighted by Gasteiger charge is -2.41. The van der Waals surface area contributed by atoms with Crippen LogP contribution < -0.4 is 14.7 Å². The van der Waals surface area contributed by atoms with Crippen molar-refractivity contribution in [2.24, 2.45) is 0 Å². The summed E-state index contributed by atoms with van der Waals surface area (Å²) in [6.07, 6.45) is 0. The molecule has 1 atom stereocenters. The molecule has 0 aliphatic heterocycles. The van der Waals surface area contributed by atoms with Gasteiger partial charge in [-0.15, -0.1) is 0 Å². The van der Waals surface area contributed by atoms with Gasteiger partial charge in [0.1, 0.15) is 0 Å². The Morgan fingerprint density at radius 2 is 1.45 bits per heavy atom. The highest BCUT2D eigenvalue weighted by Crippen LogP contribution is 2.64. The zero-order valence-electron chi connectivity index (χ0n) is 4.64. The molecule has 0 aromatic heterocycles. The van der Waals surface area contributed by atoms with Gasteiger partial charge in [-0.3, -0.25) is 0 Å². The van der Waals surface area contributed by atoms with Gasteiger partial charge in [0.2, 0.25) is 7.60 Å². The van der Waals surface area contributed by atoms with Gasteiger partial charge in [-0.1, -0.05) is 0 Å². The second-order valence-electron chi connectivity index (χ2n) is 1.53. The summed E-state index contributed by atoms with van der Waals surface area (Å²) >= 11 is 0. The lowest BCUT2D eigenvalue weighted by molar-refractivity contribution is -0.331. The van der Waals surface area contributed by atoms with Crippen molar-refractivity contribution >= 4 is 15.2 Å². The van der Waals surface area contributed by atoms with Crippen LogP contribution in [0.5, 0.6) is 0 Å². The molecule has 0 amide bonds. The van der Waals surface area contributed by atoms with Crippen molar-refractivity contribution in [3.8, 4) is 0 Å². The van der Waals surface area contributed by atoms with Crippen molar-refractivity contribution in [3.63, 3.8) is 0 Å². The fraction of sp³-hybridized carbons (Fsp3) is 1.00. The predicted octanol–water partition coefficient (Wildman–Crippen LogP) is -2.00. The minimum absolute atomic E-state index is 5.63. The van der Waals surface area contributed by atoms with Crippen LogP contribution in [0, 0.1) is 0 Å². The molecule has 0 radical (unpaired) electrons. The Labute approximate surface area is 59.2 Å². The van der Waals surface area contributed by atoms with Gasteiger partial charge in [0.25, 0.3) is 0 Å². The van der Waals surface area contributed by atoms with Gasteiger partial charge in [0.05, 0.1) is 0 Å². The first-order valence-corrected chi connectivity index (χ1v) is 5.06. The fourth-order valence-electron chi connectivity index (χ4n) is 0.155. The second-order valence-corrected chi connectivity index (χ2v) is 5.04. The molecule has 10 heteroatoms. The molecule has 0 spiro atoms. The Balaban J connectivity index is 5.08. The van der Waals surface area contributed by atoms with E-state index < -0.39 is 20.6 Å². The molecular formula is CHF2O6P2-3. The topological polar surface area (TPSA) is 124 Å². The minimum Gasteiger partial charge on any atom is -0.806 e. The molecular weight excluding hydrogens is 208 g/mol. The van der Waals surface area contributed by atoms with Crippen molar-refractivity contribution in [1.29, 1.82) is 0 Å². The molecule has 0 aromatic rings. The zero-order chi connectivity index (χ0) is 9.50. The summed E-state index contributed by atoms with van der Waals surface area (Å²) in [6.45, 7) is 0. The molecule has 0 aliphatic carbocycles. The van der Waals surface area contributed by atoms with Gasteiger partial charge in [-0.05, 0) is 0 Å². The molecule has 0 saturated heterocycles.